The van der Waals surface area contributed by atoms with Gasteiger partial charge in [0.2, 0.25) is 0 Å². The van der Waals surface area contributed by atoms with Gasteiger partial charge < -0.3 is 10.1 Å². The van der Waals surface area contributed by atoms with Crippen molar-refractivity contribution in [3.8, 4) is 5.75 Å². The van der Waals surface area contributed by atoms with Crippen LogP contribution in [0.15, 0.2) is 24.3 Å². The van der Waals surface area contributed by atoms with Gasteiger partial charge in [-0.15, -0.1) is 0 Å². The van der Waals surface area contributed by atoms with Crippen molar-refractivity contribution < 1.29 is 14.5 Å². The smallest absolute Gasteiger partial charge is 0.410 e. The van der Waals surface area contributed by atoms with Crippen molar-refractivity contribution in [2.45, 2.75) is 19.3 Å². The van der Waals surface area contributed by atoms with E-state index in [4.69, 9.17) is 4.74 Å². The summed E-state index contributed by atoms with van der Waals surface area (Å²) in [7, 11) is 0. The molecule has 1 fully saturated rings. The SMILES string of the molecule is O=C(NCC1CCC1)Oc1ccc([N+](=O)[O-])cc1. The van der Waals surface area contributed by atoms with Crippen LogP contribution in [0.4, 0.5) is 10.5 Å². The molecule has 1 aromatic carbocycles. The summed E-state index contributed by atoms with van der Waals surface area (Å²) in [6.07, 6.45) is 3.01. The first-order valence-electron chi connectivity index (χ1n) is 5.85. The first-order valence-corrected chi connectivity index (χ1v) is 5.85. The van der Waals surface area contributed by atoms with Gasteiger partial charge in [-0.2, -0.15) is 0 Å². The van der Waals surface area contributed by atoms with E-state index in [9.17, 15) is 14.9 Å². The number of nitro groups is 1. The first kappa shape index (κ1) is 12.3. The highest BCUT2D eigenvalue weighted by Crippen LogP contribution is 2.25. The highest BCUT2D eigenvalue weighted by atomic mass is 16.6. The summed E-state index contributed by atoms with van der Waals surface area (Å²) in [5.74, 6) is 0.862. The van der Waals surface area contributed by atoms with Crippen LogP contribution < -0.4 is 10.1 Å². The molecule has 0 heterocycles. The fourth-order valence-electron chi connectivity index (χ4n) is 1.70. The lowest BCUT2D eigenvalue weighted by atomic mass is 9.85. The van der Waals surface area contributed by atoms with E-state index >= 15 is 0 Å². The molecule has 0 unspecified atom stereocenters. The van der Waals surface area contributed by atoms with E-state index in [2.05, 4.69) is 5.32 Å². The van der Waals surface area contributed by atoms with Crippen LogP contribution in [0.1, 0.15) is 19.3 Å². The number of nitro benzene ring substituents is 1. The lowest BCUT2D eigenvalue weighted by Crippen LogP contribution is -2.34. The Labute approximate surface area is 104 Å². The normalized spacial score (nSPS) is 14.7. The number of ether oxygens (including phenoxy) is 1. The summed E-state index contributed by atoms with van der Waals surface area (Å²) >= 11 is 0. The monoisotopic (exact) mass is 250 g/mol. The first-order chi connectivity index (χ1) is 8.65. The van der Waals surface area contributed by atoms with E-state index in [1.807, 2.05) is 0 Å². The molecule has 1 amide bonds. The highest BCUT2D eigenvalue weighted by Gasteiger charge is 2.18. The van der Waals surface area contributed by atoms with Crippen molar-refractivity contribution in [3.63, 3.8) is 0 Å². The topological polar surface area (TPSA) is 81.5 Å². The molecule has 1 N–H and O–H groups in total. The number of non-ortho nitro benzene ring substituents is 1. The molecule has 0 atom stereocenters. The standard InChI is InChI=1S/C12H14N2O4/c15-12(13-8-9-2-1-3-9)18-11-6-4-10(5-7-11)14(16)17/h4-7,9H,1-3,8H2,(H,13,15). The van der Waals surface area contributed by atoms with Crippen LogP contribution in [-0.2, 0) is 0 Å². The van der Waals surface area contributed by atoms with Gasteiger partial charge in [-0.05, 0) is 30.9 Å². The van der Waals surface area contributed by atoms with Crippen LogP contribution in [0.25, 0.3) is 0 Å². The van der Waals surface area contributed by atoms with Crippen LogP contribution in [-0.4, -0.2) is 17.6 Å². The third kappa shape index (κ3) is 3.19. The number of hydrogen-bond donors (Lipinski definition) is 1. The summed E-state index contributed by atoms with van der Waals surface area (Å²) in [6.45, 7) is 0.631. The maximum Gasteiger partial charge on any atom is 0.412 e. The number of benzene rings is 1. The highest BCUT2D eigenvalue weighted by molar-refractivity contribution is 5.70. The van der Waals surface area contributed by atoms with Crippen molar-refractivity contribution in [2.24, 2.45) is 5.92 Å². The van der Waals surface area contributed by atoms with E-state index in [0.29, 0.717) is 18.2 Å². The van der Waals surface area contributed by atoms with Crippen LogP contribution >= 0.6 is 0 Å². The maximum absolute atomic E-state index is 11.4. The minimum atomic E-state index is -0.518. The molecule has 6 nitrogen and oxygen atoms in total. The molecule has 1 aliphatic carbocycles. The average molecular weight is 250 g/mol. The Bertz CT molecular complexity index is 440. The number of carbonyl (C=O) groups is 1. The van der Waals surface area contributed by atoms with Crippen LogP contribution in [0.2, 0.25) is 0 Å². The number of amides is 1. The number of carbonyl (C=O) groups excluding carboxylic acids is 1. The van der Waals surface area contributed by atoms with Gasteiger partial charge in [-0.25, -0.2) is 4.79 Å². The summed E-state index contributed by atoms with van der Waals surface area (Å²) in [6, 6.07) is 5.41. The Morgan fingerprint density at radius 2 is 2.06 bits per heavy atom. The van der Waals surface area contributed by atoms with Crippen molar-refractivity contribution >= 4 is 11.8 Å². The molecule has 0 aromatic heterocycles. The van der Waals surface area contributed by atoms with E-state index in [0.717, 1.165) is 12.8 Å². The number of nitrogens with one attached hydrogen (secondary N) is 1. The number of nitrogens with zero attached hydrogens (tertiary/aromatic N) is 1. The second kappa shape index (κ2) is 5.48. The molecule has 0 saturated heterocycles. The zero-order valence-corrected chi connectivity index (χ0v) is 9.80. The molecule has 1 aliphatic rings. The van der Waals surface area contributed by atoms with E-state index in [1.54, 1.807) is 0 Å². The Kier molecular flexibility index (Phi) is 3.76. The largest absolute Gasteiger partial charge is 0.412 e. The molecule has 0 bridgehead atoms. The number of hydrogen-bond acceptors (Lipinski definition) is 4. The van der Waals surface area contributed by atoms with Crippen LogP contribution in [0.5, 0.6) is 5.75 Å². The van der Waals surface area contributed by atoms with Gasteiger partial charge in [-0.3, -0.25) is 10.1 Å². The second-order valence-electron chi connectivity index (χ2n) is 4.32. The quantitative estimate of drug-likeness (QED) is 0.657. The van der Waals surface area contributed by atoms with Crippen molar-refractivity contribution in [3.05, 3.63) is 34.4 Å². The second-order valence-corrected chi connectivity index (χ2v) is 4.32. The Hall–Kier alpha value is -2.11. The Balaban J connectivity index is 1.80. The molecule has 96 valence electrons. The Morgan fingerprint density at radius 3 is 2.56 bits per heavy atom. The zero-order valence-electron chi connectivity index (χ0n) is 9.80. The third-order valence-electron chi connectivity index (χ3n) is 3.02. The van der Waals surface area contributed by atoms with E-state index in [1.165, 1.54) is 30.7 Å². The minimum Gasteiger partial charge on any atom is -0.410 e. The van der Waals surface area contributed by atoms with Gasteiger partial charge in [0.05, 0.1) is 4.92 Å². The van der Waals surface area contributed by atoms with Crippen LogP contribution in [0, 0.1) is 16.0 Å². The van der Waals surface area contributed by atoms with Crippen molar-refractivity contribution in [1.82, 2.24) is 5.32 Å². The lowest BCUT2D eigenvalue weighted by Gasteiger charge is -2.24. The molecule has 0 spiro atoms. The van der Waals surface area contributed by atoms with Crippen molar-refractivity contribution in [2.75, 3.05) is 6.54 Å². The molecular formula is C12H14N2O4. The summed E-state index contributed by atoms with van der Waals surface area (Å²) in [4.78, 5) is 21.3. The maximum atomic E-state index is 11.4. The molecule has 1 aromatic rings. The minimum absolute atomic E-state index is 0.0303. The predicted molar refractivity (Wildman–Crippen MR) is 64.5 cm³/mol. The third-order valence-corrected chi connectivity index (χ3v) is 3.02. The van der Waals surface area contributed by atoms with Crippen LogP contribution in [0.3, 0.4) is 0 Å². The van der Waals surface area contributed by atoms with Gasteiger partial charge in [0.25, 0.3) is 5.69 Å². The lowest BCUT2D eigenvalue weighted by molar-refractivity contribution is -0.384. The molecule has 1 saturated carbocycles. The summed E-state index contributed by atoms with van der Waals surface area (Å²) in [5, 5.41) is 13.1. The van der Waals surface area contributed by atoms with Gasteiger partial charge in [0, 0.05) is 18.7 Å². The summed E-state index contributed by atoms with van der Waals surface area (Å²) in [5.41, 5.74) is -0.0303. The van der Waals surface area contributed by atoms with Gasteiger partial charge >= 0.3 is 6.09 Å². The molecular weight excluding hydrogens is 236 g/mol. The van der Waals surface area contributed by atoms with Gasteiger partial charge in [0.15, 0.2) is 0 Å². The fraction of sp³-hybridized carbons (Fsp3) is 0.417. The zero-order chi connectivity index (χ0) is 13.0. The molecule has 0 aliphatic heterocycles. The number of rotatable bonds is 4. The summed E-state index contributed by atoms with van der Waals surface area (Å²) < 4.78 is 5.00. The van der Waals surface area contributed by atoms with Crippen molar-refractivity contribution in [1.29, 1.82) is 0 Å². The fourth-order valence-corrected chi connectivity index (χ4v) is 1.70. The molecule has 2 rings (SSSR count). The predicted octanol–water partition coefficient (Wildman–Crippen LogP) is 2.48. The average Bonchev–Trinajstić information content (AvgIpc) is 2.27. The Morgan fingerprint density at radius 1 is 1.39 bits per heavy atom. The van der Waals surface area contributed by atoms with E-state index in [-0.39, 0.29) is 5.69 Å². The van der Waals surface area contributed by atoms with Gasteiger partial charge in [0.1, 0.15) is 5.75 Å². The van der Waals surface area contributed by atoms with Gasteiger partial charge in [-0.1, -0.05) is 6.42 Å². The molecule has 6 heteroatoms. The molecule has 18 heavy (non-hydrogen) atoms. The molecule has 0 radical (unpaired) electrons. The van der Waals surface area contributed by atoms with E-state index < -0.39 is 11.0 Å².